The number of aryl methyl sites for hydroxylation is 4. The summed E-state index contributed by atoms with van der Waals surface area (Å²) in [6.07, 6.45) is 0. The van der Waals surface area contributed by atoms with Crippen molar-refractivity contribution in [1.29, 1.82) is 0 Å². The molecular formula is C54H40N2O2. The Labute approximate surface area is 338 Å². The molecule has 1 aromatic heterocycles. The Morgan fingerprint density at radius 2 is 0.897 bits per heavy atom. The van der Waals surface area contributed by atoms with Crippen molar-refractivity contribution in [2.24, 2.45) is 0 Å². The summed E-state index contributed by atoms with van der Waals surface area (Å²) < 4.78 is 2.20. The third-order valence-corrected chi connectivity index (χ3v) is 11.7. The van der Waals surface area contributed by atoms with Crippen LogP contribution in [-0.2, 0) is 0 Å². The molecule has 0 bridgehead atoms. The maximum Gasteiger partial charge on any atom is 0.268 e. The van der Waals surface area contributed by atoms with Crippen molar-refractivity contribution in [2.45, 2.75) is 27.7 Å². The van der Waals surface area contributed by atoms with E-state index in [0.29, 0.717) is 22.5 Å². The number of hydrogen-bond acceptors (Lipinski definition) is 2. The molecule has 0 atom stereocenters. The zero-order valence-electron chi connectivity index (χ0n) is 32.9. The predicted octanol–water partition coefficient (Wildman–Crippen LogP) is 13.5. The summed E-state index contributed by atoms with van der Waals surface area (Å²) in [5.74, 6) is -0.676. The number of imide groups is 1. The van der Waals surface area contributed by atoms with Gasteiger partial charge < -0.3 is 4.57 Å². The normalized spacial score (nSPS) is 12.5. The molecule has 0 fully saturated rings. The van der Waals surface area contributed by atoms with Gasteiger partial charge in [-0.1, -0.05) is 139 Å². The first-order valence-corrected chi connectivity index (χ1v) is 19.7. The first-order valence-electron chi connectivity index (χ1n) is 19.7. The van der Waals surface area contributed by atoms with E-state index in [1.54, 1.807) is 6.07 Å². The van der Waals surface area contributed by atoms with Crippen LogP contribution in [0, 0.1) is 27.7 Å². The van der Waals surface area contributed by atoms with Crippen molar-refractivity contribution < 1.29 is 9.59 Å². The van der Waals surface area contributed by atoms with E-state index in [1.165, 1.54) is 27.2 Å². The number of carbonyl (C=O) groups excluding carboxylic acids is 2. The molecule has 0 N–H and O–H groups in total. The summed E-state index contributed by atoms with van der Waals surface area (Å²) in [6.45, 7) is 8.53. The molecule has 4 heteroatoms. The van der Waals surface area contributed by atoms with Crippen LogP contribution in [0.1, 0.15) is 43.0 Å². The molecule has 2 amide bonds. The van der Waals surface area contributed by atoms with Gasteiger partial charge in [-0.3, -0.25) is 9.59 Å². The number of rotatable bonds is 6. The Hall–Kier alpha value is -7.30. The number of anilines is 1. The molecule has 0 spiro atoms. The number of benzene rings is 8. The first kappa shape index (κ1) is 35.1. The molecule has 1 aliphatic rings. The Morgan fingerprint density at radius 3 is 1.40 bits per heavy atom. The van der Waals surface area contributed by atoms with Crippen LogP contribution >= 0.6 is 0 Å². The third kappa shape index (κ3) is 5.76. The van der Waals surface area contributed by atoms with Crippen LogP contribution in [0.5, 0.6) is 0 Å². The Morgan fingerprint density at radius 1 is 0.379 bits per heavy atom. The standard InChI is InChI=1S/C54H40N2O2/c1-33-18-22-44(35(3)26-33)39-20-24-46-47-25-21-40(45-23-19-34(2)27-36(45)4)32-51(47)56(50(46)31-39)49-17-11-16-48-52(49)54(58)55(53(48)57)43-29-41(37-12-7-5-8-13-37)28-42(30-43)38-14-9-6-10-15-38/h5-32H,1-4H3. The lowest BCUT2D eigenvalue weighted by atomic mass is 9.96. The van der Waals surface area contributed by atoms with Crippen LogP contribution < -0.4 is 4.90 Å². The topological polar surface area (TPSA) is 42.3 Å². The number of fused-ring (bicyclic) bond motifs is 4. The van der Waals surface area contributed by atoms with Crippen LogP contribution in [0.4, 0.5) is 5.69 Å². The van der Waals surface area contributed by atoms with Crippen LogP contribution in [0.15, 0.2) is 170 Å². The van der Waals surface area contributed by atoms with Crippen LogP contribution in [0.3, 0.4) is 0 Å². The summed E-state index contributed by atoms with van der Waals surface area (Å²) >= 11 is 0. The average Bonchev–Trinajstić information content (AvgIpc) is 3.70. The van der Waals surface area contributed by atoms with Crippen molar-refractivity contribution in [3.8, 4) is 50.2 Å². The predicted molar refractivity (Wildman–Crippen MR) is 239 cm³/mol. The molecule has 0 saturated heterocycles. The van der Waals surface area contributed by atoms with Gasteiger partial charge in [0.25, 0.3) is 11.8 Å². The van der Waals surface area contributed by atoms with E-state index in [0.717, 1.165) is 66.3 Å². The lowest BCUT2D eigenvalue weighted by Crippen LogP contribution is -2.29. The number of nitrogens with zero attached hydrogens (tertiary/aromatic N) is 2. The average molecular weight is 749 g/mol. The molecule has 0 unspecified atom stereocenters. The highest BCUT2D eigenvalue weighted by atomic mass is 16.2. The van der Waals surface area contributed by atoms with Crippen molar-refractivity contribution in [2.75, 3.05) is 4.90 Å². The molecule has 0 saturated carbocycles. The summed E-state index contributed by atoms with van der Waals surface area (Å²) in [5.41, 5.74) is 17.1. The van der Waals surface area contributed by atoms with E-state index in [-0.39, 0.29) is 11.8 Å². The molecule has 9 aromatic rings. The molecule has 4 nitrogen and oxygen atoms in total. The highest BCUT2D eigenvalue weighted by Crippen LogP contribution is 2.42. The fraction of sp³-hybridized carbons (Fsp3) is 0.0741. The quantitative estimate of drug-likeness (QED) is 0.159. The van der Waals surface area contributed by atoms with Gasteiger partial charge in [-0.05, 0) is 126 Å². The minimum absolute atomic E-state index is 0.334. The fourth-order valence-corrected chi connectivity index (χ4v) is 8.91. The summed E-state index contributed by atoms with van der Waals surface area (Å²) in [5, 5.41) is 2.15. The molecule has 0 radical (unpaired) electrons. The van der Waals surface area contributed by atoms with E-state index in [2.05, 4.69) is 135 Å². The lowest BCUT2D eigenvalue weighted by Gasteiger charge is -2.18. The molecule has 8 aromatic carbocycles. The largest absolute Gasteiger partial charge is 0.308 e. The second kappa shape index (κ2) is 13.7. The Kier molecular flexibility index (Phi) is 8.31. The van der Waals surface area contributed by atoms with Crippen LogP contribution in [0.25, 0.3) is 72.0 Å². The molecule has 10 rings (SSSR count). The smallest absolute Gasteiger partial charge is 0.268 e. The monoisotopic (exact) mass is 748 g/mol. The van der Waals surface area contributed by atoms with Gasteiger partial charge in [0.2, 0.25) is 0 Å². The number of aromatic nitrogens is 1. The summed E-state index contributed by atoms with van der Waals surface area (Å²) in [7, 11) is 0. The zero-order valence-corrected chi connectivity index (χ0v) is 32.9. The van der Waals surface area contributed by atoms with Crippen molar-refractivity contribution >= 4 is 39.3 Å². The second-order valence-corrected chi connectivity index (χ2v) is 15.6. The zero-order chi connectivity index (χ0) is 39.7. The minimum atomic E-state index is -0.342. The maximum atomic E-state index is 15.1. The van der Waals surface area contributed by atoms with Crippen molar-refractivity contribution in [3.63, 3.8) is 0 Å². The Bertz CT molecular complexity index is 2970. The van der Waals surface area contributed by atoms with Crippen LogP contribution in [-0.4, -0.2) is 16.4 Å². The minimum Gasteiger partial charge on any atom is -0.308 e. The van der Waals surface area contributed by atoms with Gasteiger partial charge in [0.1, 0.15) is 0 Å². The van der Waals surface area contributed by atoms with Gasteiger partial charge >= 0.3 is 0 Å². The van der Waals surface area contributed by atoms with E-state index in [4.69, 9.17) is 0 Å². The van der Waals surface area contributed by atoms with E-state index in [1.807, 2.05) is 60.7 Å². The number of carbonyl (C=O) groups is 2. The number of amides is 2. The molecule has 58 heavy (non-hydrogen) atoms. The van der Waals surface area contributed by atoms with Gasteiger partial charge in [-0.15, -0.1) is 0 Å². The fourth-order valence-electron chi connectivity index (χ4n) is 8.91. The number of hydrogen-bond donors (Lipinski definition) is 0. The first-order chi connectivity index (χ1) is 28.2. The van der Waals surface area contributed by atoms with Gasteiger partial charge in [0, 0.05) is 10.8 Å². The van der Waals surface area contributed by atoms with Crippen LogP contribution in [0.2, 0.25) is 0 Å². The summed E-state index contributed by atoms with van der Waals surface area (Å²) in [4.78, 5) is 31.1. The van der Waals surface area contributed by atoms with Gasteiger partial charge in [-0.2, -0.15) is 0 Å². The van der Waals surface area contributed by atoms with Crippen molar-refractivity contribution in [3.05, 3.63) is 203 Å². The molecule has 278 valence electrons. The van der Waals surface area contributed by atoms with E-state index < -0.39 is 0 Å². The highest BCUT2D eigenvalue weighted by molar-refractivity contribution is 6.36. The van der Waals surface area contributed by atoms with Gasteiger partial charge in [0.15, 0.2) is 0 Å². The third-order valence-electron chi connectivity index (χ3n) is 11.7. The Balaban J connectivity index is 1.20. The lowest BCUT2D eigenvalue weighted by molar-refractivity contribution is 0.0926. The maximum absolute atomic E-state index is 15.1. The van der Waals surface area contributed by atoms with Gasteiger partial charge in [-0.25, -0.2) is 4.90 Å². The summed E-state index contributed by atoms with van der Waals surface area (Å²) in [6, 6.07) is 58.2. The molecule has 1 aliphatic heterocycles. The van der Waals surface area contributed by atoms with E-state index in [9.17, 15) is 4.79 Å². The molecule has 2 heterocycles. The second-order valence-electron chi connectivity index (χ2n) is 15.6. The highest BCUT2D eigenvalue weighted by Gasteiger charge is 2.40. The SMILES string of the molecule is Cc1ccc(-c2ccc3c4ccc(-c5ccc(C)cc5C)cc4n(-c4cccc5c4C(=O)N(c4cc(-c6ccccc6)cc(-c6ccccc6)c4)C5=O)c3c2)c(C)c1. The van der Waals surface area contributed by atoms with E-state index >= 15 is 4.79 Å². The molecular weight excluding hydrogens is 709 g/mol. The molecule has 0 aliphatic carbocycles. The van der Waals surface area contributed by atoms with Crippen molar-refractivity contribution in [1.82, 2.24) is 4.57 Å². The van der Waals surface area contributed by atoms with Gasteiger partial charge in [0.05, 0.1) is 33.5 Å².